The molecule has 0 radical (unpaired) electrons. The van der Waals surface area contributed by atoms with Crippen LogP contribution >= 0.6 is 23.2 Å². The van der Waals surface area contributed by atoms with E-state index in [0.717, 1.165) is 5.56 Å². The number of hydrogen-bond acceptors (Lipinski definition) is 3. The predicted octanol–water partition coefficient (Wildman–Crippen LogP) is 3.91. The molecule has 0 atom stereocenters. The highest BCUT2D eigenvalue weighted by Gasteiger charge is 2.13. The average molecular weight is 283 g/mol. The maximum atomic E-state index is 6.15. The lowest BCUT2D eigenvalue weighted by atomic mass is 10.1. The molecule has 0 unspecified atom stereocenters. The second-order valence-electron chi connectivity index (χ2n) is 3.90. The Labute approximate surface area is 116 Å². The molecule has 18 heavy (non-hydrogen) atoms. The first-order chi connectivity index (χ1) is 8.61. The smallest absolute Gasteiger partial charge is 0.157 e. The van der Waals surface area contributed by atoms with E-state index in [2.05, 4.69) is 9.97 Å². The predicted molar refractivity (Wildman–Crippen MR) is 72.9 cm³/mol. The Balaban J connectivity index is 2.48. The van der Waals surface area contributed by atoms with Gasteiger partial charge in [-0.15, -0.1) is 0 Å². The lowest BCUT2D eigenvalue weighted by Gasteiger charge is -2.08. The molecule has 0 aliphatic carbocycles. The number of rotatable bonds is 3. The highest BCUT2D eigenvalue weighted by atomic mass is 35.5. The molecule has 0 amide bonds. The van der Waals surface area contributed by atoms with Crippen LogP contribution in [-0.4, -0.2) is 17.1 Å². The molecule has 5 heteroatoms. The van der Waals surface area contributed by atoms with Crippen LogP contribution in [0.15, 0.2) is 24.3 Å². The van der Waals surface area contributed by atoms with Gasteiger partial charge in [-0.1, -0.05) is 53.0 Å². The molecule has 0 saturated heterocycles. The van der Waals surface area contributed by atoms with Gasteiger partial charge in [0.15, 0.2) is 5.82 Å². The lowest BCUT2D eigenvalue weighted by Crippen LogP contribution is -1.99. The van der Waals surface area contributed by atoms with E-state index in [0.29, 0.717) is 21.7 Å². The van der Waals surface area contributed by atoms with Gasteiger partial charge in [0.05, 0.1) is 5.56 Å². The number of methoxy groups -OCH3 is 1. The summed E-state index contributed by atoms with van der Waals surface area (Å²) < 4.78 is 4.96. The molecule has 0 spiro atoms. The molecule has 94 valence electrons. The third kappa shape index (κ3) is 2.80. The summed E-state index contributed by atoms with van der Waals surface area (Å²) in [4.78, 5) is 8.33. The van der Waals surface area contributed by atoms with Crippen LogP contribution in [0.3, 0.4) is 0 Å². The standard InChI is InChI=1S/C13H12Cl2N2O/c1-8-3-5-9(6-4-8)11-12(14)16-10(7-18-2)17-13(11)15/h3-6H,7H2,1-2H3. The number of ether oxygens (including phenoxy) is 1. The Hall–Kier alpha value is -1.16. The van der Waals surface area contributed by atoms with E-state index in [1.807, 2.05) is 31.2 Å². The van der Waals surface area contributed by atoms with E-state index < -0.39 is 0 Å². The molecule has 3 nitrogen and oxygen atoms in total. The molecular weight excluding hydrogens is 271 g/mol. The van der Waals surface area contributed by atoms with Crippen LogP contribution in [0.1, 0.15) is 11.4 Å². The second-order valence-corrected chi connectivity index (χ2v) is 4.61. The largest absolute Gasteiger partial charge is 0.377 e. The van der Waals surface area contributed by atoms with Gasteiger partial charge in [0, 0.05) is 7.11 Å². The number of nitrogens with zero attached hydrogens (tertiary/aromatic N) is 2. The highest BCUT2D eigenvalue weighted by Crippen LogP contribution is 2.32. The highest BCUT2D eigenvalue weighted by molar-refractivity contribution is 6.37. The fourth-order valence-corrected chi connectivity index (χ4v) is 2.24. The van der Waals surface area contributed by atoms with Crippen LogP contribution in [0, 0.1) is 6.92 Å². The van der Waals surface area contributed by atoms with Gasteiger partial charge in [0.1, 0.15) is 16.9 Å². The first-order valence-corrected chi connectivity index (χ1v) is 6.15. The first-order valence-electron chi connectivity index (χ1n) is 5.39. The number of aryl methyl sites for hydroxylation is 1. The molecule has 0 bridgehead atoms. The SMILES string of the molecule is COCc1nc(Cl)c(-c2ccc(C)cc2)c(Cl)n1. The molecule has 1 heterocycles. The van der Waals surface area contributed by atoms with Gasteiger partial charge in [0.25, 0.3) is 0 Å². The molecule has 1 aromatic carbocycles. The summed E-state index contributed by atoms with van der Waals surface area (Å²) in [5.74, 6) is 0.475. The average Bonchev–Trinajstić information content (AvgIpc) is 2.31. The molecule has 0 aliphatic heterocycles. The van der Waals surface area contributed by atoms with E-state index in [1.165, 1.54) is 5.56 Å². The summed E-state index contributed by atoms with van der Waals surface area (Å²) in [5, 5.41) is 0.678. The van der Waals surface area contributed by atoms with Crippen LogP contribution in [-0.2, 0) is 11.3 Å². The number of aromatic nitrogens is 2. The summed E-state index contributed by atoms with van der Waals surface area (Å²) >= 11 is 12.3. The fourth-order valence-electron chi connectivity index (χ4n) is 1.60. The minimum absolute atomic E-state index is 0.285. The van der Waals surface area contributed by atoms with Crippen molar-refractivity contribution in [3.63, 3.8) is 0 Å². The Morgan fingerprint density at radius 1 is 1.06 bits per heavy atom. The minimum atomic E-state index is 0.285. The van der Waals surface area contributed by atoms with E-state index in [-0.39, 0.29) is 6.61 Å². The van der Waals surface area contributed by atoms with E-state index in [4.69, 9.17) is 27.9 Å². The molecule has 0 N–H and O–H groups in total. The number of hydrogen-bond donors (Lipinski definition) is 0. The Morgan fingerprint density at radius 3 is 2.11 bits per heavy atom. The van der Waals surface area contributed by atoms with Crippen molar-refractivity contribution in [3.05, 3.63) is 46.0 Å². The van der Waals surface area contributed by atoms with Crippen LogP contribution < -0.4 is 0 Å². The maximum Gasteiger partial charge on any atom is 0.157 e. The molecule has 0 fully saturated rings. The summed E-state index contributed by atoms with van der Waals surface area (Å²) in [6.07, 6.45) is 0. The number of halogens is 2. The maximum absolute atomic E-state index is 6.15. The zero-order valence-corrected chi connectivity index (χ0v) is 11.6. The van der Waals surface area contributed by atoms with Crippen molar-refractivity contribution in [1.82, 2.24) is 9.97 Å². The summed E-state index contributed by atoms with van der Waals surface area (Å²) in [7, 11) is 1.57. The van der Waals surface area contributed by atoms with Crippen molar-refractivity contribution >= 4 is 23.2 Å². The quantitative estimate of drug-likeness (QED) is 0.801. The molecule has 0 aliphatic rings. The Bertz CT molecular complexity index is 532. The molecule has 0 saturated carbocycles. The van der Waals surface area contributed by atoms with Crippen LogP contribution in [0.5, 0.6) is 0 Å². The van der Waals surface area contributed by atoms with E-state index in [1.54, 1.807) is 7.11 Å². The fraction of sp³-hybridized carbons (Fsp3) is 0.231. The zero-order chi connectivity index (χ0) is 13.1. The molecule has 2 aromatic rings. The van der Waals surface area contributed by atoms with Gasteiger partial charge >= 0.3 is 0 Å². The summed E-state index contributed by atoms with van der Waals surface area (Å²) in [5.41, 5.74) is 2.72. The Morgan fingerprint density at radius 2 is 1.61 bits per heavy atom. The minimum Gasteiger partial charge on any atom is -0.377 e. The molecule has 1 aromatic heterocycles. The van der Waals surface area contributed by atoms with Crippen LogP contribution in [0.4, 0.5) is 0 Å². The normalized spacial score (nSPS) is 10.7. The van der Waals surface area contributed by atoms with Crippen LogP contribution in [0.25, 0.3) is 11.1 Å². The van der Waals surface area contributed by atoms with E-state index in [9.17, 15) is 0 Å². The van der Waals surface area contributed by atoms with Gasteiger partial charge in [-0.25, -0.2) is 9.97 Å². The van der Waals surface area contributed by atoms with Crippen molar-refractivity contribution in [2.75, 3.05) is 7.11 Å². The second kappa shape index (κ2) is 5.65. The van der Waals surface area contributed by atoms with Crippen LogP contribution in [0.2, 0.25) is 10.3 Å². The van der Waals surface area contributed by atoms with Gasteiger partial charge in [-0.05, 0) is 12.5 Å². The van der Waals surface area contributed by atoms with Gasteiger partial charge in [-0.2, -0.15) is 0 Å². The van der Waals surface area contributed by atoms with Crippen molar-refractivity contribution in [1.29, 1.82) is 0 Å². The van der Waals surface area contributed by atoms with Gasteiger partial charge in [-0.3, -0.25) is 0 Å². The summed E-state index contributed by atoms with van der Waals surface area (Å²) in [6.45, 7) is 2.30. The van der Waals surface area contributed by atoms with Gasteiger partial charge in [0.2, 0.25) is 0 Å². The third-order valence-corrected chi connectivity index (χ3v) is 3.03. The molecule has 2 rings (SSSR count). The van der Waals surface area contributed by atoms with E-state index >= 15 is 0 Å². The van der Waals surface area contributed by atoms with Crippen molar-refractivity contribution in [2.45, 2.75) is 13.5 Å². The van der Waals surface area contributed by atoms with Gasteiger partial charge < -0.3 is 4.74 Å². The molecular formula is C13H12Cl2N2O. The number of benzene rings is 1. The first kappa shape index (κ1) is 13.3. The van der Waals surface area contributed by atoms with Crippen molar-refractivity contribution in [2.24, 2.45) is 0 Å². The lowest BCUT2D eigenvalue weighted by molar-refractivity contribution is 0.178. The van der Waals surface area contributed by atoms with Crippen molar-refractivity contribution in [3.8, 4) is 11.1 Å². The zero-order valence-electron chi connectivity index (χ0n) is 10.1. The monoisotopic (exact) mass is 282 g/mol. The summed E-state index contributed by atoms with van der Waals surface area (Å²) in [6, 6.07) is 7.87. The Kier molecular flexibility index (Phi) is 4.17. The third-order valence-electron chi connectivity index (χ3n) is 2.48. The van der Waals surface area contributed by atoms with Crippen molar-refractivity contribution < 1.29 is 4.74 Å². The topological polar surface area (TPSA) is 35.0 Å².